The number of allylic oxidation sites excluding steroid dienone is 2. The van der Waals surface area contributed by atoms with E-state index in [0.29, 0.717) is 6.42 Å². The summed E-state index contributed by atoms with van der Waals surface area (Å²) in [7, 11) is 0. The van der Waals surface area contributed by atoms with Crippen LogP contribution in [0.2, 0.25) is 0 Å². The van der Waals surface area contributed by atoms with Crippen LogP contribution >= 0.6 is 0 Å². The molecule has 0 spiro atoms. The van der Waals surface area contributed by atoms with E-state index < -0.39 is 0 Å². The van der Waals surface area contributed by atoms with Gasteiger partial charge in [-0.1, -0.05) is 62.4 Å². The number of hydrogen-bond donors (Lipinski definition) is 2. The van der Waals surface area contributed by atoms with Crippen LogP contribution in [-0.2, 0) is 4.79 Å². The number of carbonyl (C=O) groups is 1. The molecule has 2 aliphatic rings. The van der Waals surface area contributed by atoms with E-state index in [2.05, 4.69) is 43.4 Å². The molecule has 0 radical (unpaired) electrons. The Morgan fingerprint density at radius 3 is 2.54 bits per heavy atom. The van der Waals surface area contributed by atoms with E-state index in [0.717, 1.165) is 45.3 Å². The molecule has 1 atom stereocenters. The number of ketones is 1. The number of rotatable bonds is 1. The van der Waals surface area contributed by atoms with Gasteiger partial charge in [-0.25, -0.2) is 0 Å². The number of nitrogens with one attached hydrogen (secondary N) is 1. The van der Waals surface area contributed by atoms with Crippen molar-refractivity contribution in [1.29, 1.82) is 0 Å². The van der Waals surface area contributed by atoms with Crippen molar-refractivity contribution in [3.8, 4) is 5.75 Å². The van der Waals surface area contributed by atoms with Gasteiger partial charge in [0, 0.05) is 34.9 Å². The number of hydrogen-bond acceptors (Lipinski definition) is 3. The highest BCUT2D eigenvalue weighted by Gasteiger charge is 2.41. The Morgan fingerprint density at radius 1 is 0.964 bits per heavy atom. The molecule has 1 aliphatic carbocycles. The lowest BCUT2D eigenvalue weighted by Gasteiger charge is -2.40. The van der Waals surface area contributed by atoms with Crippen LogP contribution in [0.25, 0.3) is 10.8 Å². The molecule has 0 aromatic heterocycles. The van der Waals surface area contributed by atoms with Gasteiger partial charge in [0.2, 0.25) is 0 Å². The van der Waals surface area contributed by atoms with Gasteiger partial charge in [0.15, 0.2) is 5.78 Å². The zero-order valence-electron chi connectivity index (χ0n) is 16.1. The summed E-state index contributed by atoms with van der Waals surface area (Å²) in [5.41, 5.74) is 4.63. The topological polar surface area (TPSA) is 49.3 Å². The zero-order chi connectivity index (χ0) is 19.5. The second-order valence-electron chi connectivity index (χ2n) is 8.70. The maximum Gasteiger partial charge on any atom is 0.162 e. The van der Waals surface area contributed by atoms with Crippen LogP contribution < -0.4 is 5.32 Å². The molecule has 0 fully saturated rings. The van der Waals surface area contributed by atoms with E-state index in [-0.39, 0.29) is 22.9 Å². The van der Waals surface area contributed by atoms with E-state index in [4.69, 9.17) is 0 Å². The quantitative estimate of drug-likeness (QED) is 0.574. The SMILES string of the molecule is CC1(C)CC(=O)C2=C(C1)Nc1ccc3ccccc3c1[C@@H]2c1ccccc1O. The van der Waals surface area contributed by atoms with E-state index in [9.17, 15) is 9.90 Å². The highest BCUT2D eigenvalue weighted by molar-refractivity contribution is 6.04. The number of benzene rings is 3. The first-order valence-electron chi connectivity index (χ1n) is 9.77. The summed E-state index contributed by atoms with van der Waals surface area (Å²) in [6, 6.07) is 19.9. The fraction of sp³-hybridized carbons (Fsp3) is 0.240. The van der Waals surface area contributed by atoms with Crippen molar-refractivity contribution < 1.29 is 9.90 Å². The van der Waals surface area contributed by atoms with E-state index >= 15 is 0 Å². The summed E-state index contributed by atoms with van der Waals surface area (Å²) < 4.78 is 0. The third-order valence-corrected chi connectivity index (χ3v) is 6.00. The molecule has 3 nitrogen and oxygen atoms in total. The molecule has 5 rings (SSSR count). The normalized spacial score (nSPS) is 20.5. The predicted octanol–water partition coefficient (Wildman–Crippen LogP) is 5.75. The van der Waals surface area contributed by atoms with Crippen LogP contribution in [0, 0.1) is 5.41 Å². The number of phenolic OH excluding ortho intramolecular Hbond substituents is 1. The number of aromatic hydroxyl groups is 1. The second-order valence-corrected chi connectivity index (χ2v) is 8.70. The molecule has 28 heavy (non-hydrogen) atoms. The van der Waals surface area contributed by atoms with Crippen LogP contribution in [0.5, 0.6) is 5.75 Å². The summed E-state index contributed by atoms with van der Waals surface area (Å²) in [6.07, 6.45) is 1.35. The highest BCUT2D eigenvalue weighted by Crippen LogP contribution is 2.52. The van der Waals surface area contributed by atoms with Crippen molar-refractivity contribution in [3.05, 3.63) is 83.1 Å². The summed E-state index contributed by atoms with van der Waals surface area (Å²) >= 11 is 0. The highest BCUT2D eigenvalue weighted by atomic mass is 16.3. The first-order chi connectivity index (χ1) is 13.4. The minimum atomic E-state index is -0.262. The Kier molecular flexibility index (Phi) is 3.63. The van der Waals surface area contributed by atoms with Gasteiger partial charge in [0.05, 0.1) is 0 Å². The van der Waals surface area contributed by atoms with Crippen molar-refractivity contribution >= 4 is 22.2 Å². The molecule has 0 saturated heterocycles. The van der Waals surface area contributed by atoms with Crippen LogP contribution in [0.4, 0.5) is 5.69 Å². The van der Waals surface area contributed by atoms with Crippen LogP contribution in [0.3, 0.4) is 0 Å². The zero-order valence-corrected chi connectivity index (χ0v) is 16.1. The first-order valence-corrected chi connectivity index (χ1v) is 9.77. The van der Waals surface area contributed by atoms with Crippen molar-refractivity contribution in [1.82, 2.24) is 0 Å². The maximum atomic E-state index is 13.3. The second kappa shape index (κ2) is 5.96. The van der Waals surface area contributed by atoms with E-state index in [1.807, 2.05) is 30.3 Å². The Morgan fingerprint density at radius 2 is 1.71 bits per heavy atom. The Labute approximate surface area is 164 Å². The van der Waals surface area contributed by atoms with Gasteiger partial charge in [-0.3, -0.25) is 4.79 Å². The van der Waals surface area contributed by atoms with E-state index in [1.165, 1.54) is 0 Å². The molecule has 1 aliphatic heterocycles. The minimum absolute atomic E-state index is 0.0689. The van der Waals surface area contributed by atoms with E-state index in [1.54, 1.807) is 6.07 Å². The average Bonchev–Trinajstić information content (AvgIpc) is 2.65. The summed E-state index contributed by atoms with van der Waals surface area (Å²) in [6.45, 7) is 4.28. The minimum Gasteiger partial charge on any atom is -0.508 e. The Hall–Kier alpha value is -3.07. The van der Waals surface area contributed by atoms with Crippen molar-refractivity contribution in [2.45, 2.75) is 32.6 Å². The fourth-order valence-corrected chi connectivity index (χ4v) is 4.85. The average molecular weight is 369 g/mol. The smallest absolute Gasteiger partial charge is 0.162 e. The lowest BCUT2D eigenvalue weighted by Crippen LogP contribution is -2.33. The lowest BCUT2D eigenvalue weighted by atomic mass is 9.68. The van der Waals surface area contributed by atoms with Gasteiger partial charge in [0.25, 0.3) is 0 Å². The van der Waals surface area contributed by atoms with Gasteiger partial charge in [0.1, 0.15) is 5.75 Å². The largest absolute Gasteiger partial charge is 0.508 e. The van der Waals surface area contributed by atoms with Gasteiger partial charge >= 0.3 is 0 Å². The molecule has 0 bridgehead atoms. The number of para-hydroxylation sites is 1. The third kappa shape index (κ3) is 2.54. The number of anilines is 1. The summed E-state index contributed by atoms with van der Waals surface area (Å²) in [5.74, 6) is 0.144. The molecule has 3 aromatic rings. The molecular formula is C25H23NO2. The molecule has 1 heterocycles. The standard InChI is InChI=1S/C25H23NO2/c1-25(2)13-19-24(21(28)14-25)23(17-9-5-6-10-20(17)27)22-16-8-4-3-7-15(16)11-12-18(22)26-19/h3-12,23,26-27H,13-14H2,1-2H3/t23-/m0/s1. The summed E-state index contributed by atoms with van der Waals surface area (Å²) in [5, 5.41) is 16.5. The number of Topliss-reactive ketones (excluding diaryl/α,β-unsaturated/α-hetero) is 1. The Bertz CT molecular complexity index is 1160. The van der Waals surface area contributed by atoms with Crippen LogP contribution in [-0.4, -0.2) is 10.9 Å². The molecule has 140 valence electrons. The van der Waals surface area contributed by atoms with Gasteiger partial charge in [-0.05, 0) is 40.3 Å². The van der Waals surface area contributed by atoms with Crippen molar-refractivity contribution in [2.24, 2.45) is 5.41 Å². The Balaban J connectivity index is 1.84. The molecule has 2 N–H and O–H groups in total. The molecular weight excluding hydrogens is 346 g/mol. The number of carbonyl (C=O) groups excluding carboxylic acids is 1. The fourth-order valence-electron chi connectivity index (χ4n) is 4.85. The van der Waals surface area contributed by atoms with Crippen molar-refractivity contribution in [2.75, 3.05) is 5.32 Å². The van der Waals surface area contributed by atoms with Gasteiger partial charge < -0.3 is 10.4 Å². The van der Waals surface area contributed by atoms with Crippen LogP contribution in [0.15, 0.2) is 71.9 Å². The molecule has 3 aromatic carbocycles. The summed E-state index contributed by atoms with van der Waals surface area (Å²) in [4.78, 5) is 13.3. The van der Waals surface area contributed by atoms with Gasteiger partial charge in [-0.15, -0.1) is 0 Å². The van der Waals surface area contributed by atoms with Crippen molar-refractivity contribution in [3.63, 3.8) is 0 Å². The molecule has 0 saturated carbocycles. The third-order valence-electron chi connectivity index (χ3n) is 6.00. The number of phenols is 1. The molecule has 0 unspecified atom stereocenters. The molecule has 0 amide bonds. The maximum absolute atomic E-state index is 13.3. The molecule has 3 heteroatoms. The monoisotopic (exact) mass is 369 g/mol. The van der Waals surface area contributed by atoms with Crippen LogP contribution in [0.1, 0.15) is 43.7 Å². The lowest BCUT2D eigenvalue weighted by molar-refractivity contribution is -0.118. The number of fused-ring (bicyclic) bond motifs is 3. The predicted molar refractivity (Wildman–Crippen MR) is 113 cm³/mol. The van der Waals surface area contributed by atoms with Gasteiger partial charge in [-0.2, -0.15) is 0 Å². The first kappa shape index (κ1) is 17.1.